The van der Waals surface area contributed by atoms with Crippen LogP contribution in [0.5, 0.6) is 0 Å². The zero-order valence-corrected chi connectivity index (χ0v) is 18.1. The lowest BCUT2D eigenvalue weighted by Gasteiger charge is -2.25. The van der Waals surface area contributed by atoms with Gasteiger partial charge in [0.05, 0.1) is 5.92 Å². The minimum atomic E-state index is -1.87. The van der Waals surface area contributed by atoms with Gasteiger partial charge < -0.3 is 14.2 Å². The summed E-state index contributed by atoms with van der Waals surface area (Å²) in [6.45, 7) is 5.13. The molecule has 0 aromatic carbocycles. The highest BCUT2D eigenvalue weighted by molar-refractivity contribution is 8.67. The van der Waals surface area contributed by atoms with Crippen LogP contribution in [0.2, 0.25) is 0 Å². The molecule has 0 radical (unpaired) electrons. The summed E-state index contributed by atoms with van der Waals surface area (Å²) in [6, 6.07) is 1.93. The SMILES string of the molecule is CCCCCCCCCCCC[S+]([O-])[S+]([O-])C(C)(C#N)CC(C)C(=O)O. The molecular weight excluding hydrogens is 370 g/mol. The number of carboxylic acid groups (broad SMARTS) is 1. The lowest BCUT2D eigenvalue weighted by Crippen LogP contribution is -2.42. The van der Waals surface area contributed by atoms with E-state index in [-0.39, 0.29) is 6.42 Å². The van der Waals surface area contributed by atoms with Crippen LogP contribution in [0.25, 0.3) is 0 Å². The van der Waals surface area contributed by atoms with E-state index in [0.29, 0.717) is 5.75 Å². The molecule has 0 rings (SSSR count). The highest BCUT2D eigenvalue weighted by atomic mass is 33.2. The van der Waals surface area contributed by atoms with Crippen molar-refractivity contribution in [2.24, 2.45) is 5.92 Å². The second kappa shape index (κ2) is 14.6. The molecule has 0 spiro atoms. The number of unbranched alkanes of at least 4 members (excludes halogenated alkanes) is 9. The molecule has 152 valence electrons. The van der Waals surface area contributed by atoms with Gasteiger partial charge in [-0.2, -0.15) is 5.26 Å². The Hall–Kier alpha value is -0.420. The number of nitrogens with zero attached hydrogens (tertiary/aromatic N) is 1. The number of hydrogen-bond acceptors (Lipinski definition) is 4. The summed E-state index contributed by atoms with van der Waals surface area (Å²) in [5.74, 6) is -1.52. The molecule has 0 amide bonds. The van der Waals surface area contributed by atoms with Gasteiger partial charge in [-0.25, -0.2) is 0 Å². The lowest BCUT2D eigenvalue weighted by molar-refractivity contribution is -0.141. The number of carboxylic acids is 1. The molecule has 0 aliphatic carbocycles. The van der Waals surface area contributed by atoms with E-state index in [2.05, 4.69) is 6.92 Å². The standard InChI is InChI=1S/C19H35NO4S2/c1-4-5-6-7-8-9-10-11-12-13-14-25(23)26(24)19(3,16-20)15-17(2)18(21)22/h17H,4-15H2,1-3H3,(H,21,22). The molecule has 5 nitrogen and oxygen atoms in total. The van der Waals surface area contributed by atoms with Gasteiger partial charge in [0, 0.05) is 13.3 Å². The van der Waals surface area contributed by atoms with Crippen LogP contribution in [0.3, 0.4) is 0 Å². The molecule has 4 unspecified atom stereocenters. The second-order valence-corrected chi connectivity index (χ2v) is 11.6. The van der Waals surface area contributed by atoms with Gasteiger partial charge in [0.2, 0.25) is 0 Å². The zero-order valence-electron chi connectivity index (χ0n) is 16.5. The van der Waals surface area contributed by atoms with E-state index < -0.39 is 37.0 Å². The van der Waals surface area contributed by atoms with E-state index in [1.54, 1.807) is 0 Å². The van der Waals surface area contributed by atoms with Gasteiger partial charge in [0.15, 0.2) is 26.2 Å². The van der Waals surface area contributed by atoms with Crippen molar-refractivity contribution in [3.8, 4) is 6.07 Å². The summed E-state index contributed by atoms with van der Waals surface area (Å²) in [5.41, 5.74) is 0. The Morgan fingerprint density at radius 2 is 1.54 bits per heavy atom. The van der Waals surface area contributed by atoms with Crippen LogP contribution in [-0.4, -0.2) is 30.7 Å². The third-order valence-electron chi connectivity index (χ3n) is 4.56. The summed E-state index contributed by atoms with van der Waals surface area (Å²) < 4.78 is 23.3. The summed E-state index contributed by atoms with van der Waals surface area (Å²) >= 11 is 0. The molecule has 0 aromatic heterocycles. The van der Waals surface area contributed by atoms with Crippen LogP contribution in [0.4, 0.5) is 0 Å². The first kappa shape index (κ1) is 25.6. The van der Waals surface area contributed by atoms with E-state index in [0.717, 1.165) is 19.3 Å². The van der Waals surface area contributed by atoms with Gasteiger partial charge in [-0.3, -0.25) is 4.79 Å². The van der Waals surface area contributed by atoms with E-state index in [1.165, 1.54) is 58.8 Å². The van der Waals surface area contributed by atoms with Crippen molar-refractivity contribution in [1.29, 1.82) is 5.26 Å². The number of rotatable bonds is 16. The van der Waals surface area contributed by atoms with Crippen LogP contribution < -0.4 is 0 Å². The van der Waals surface area contributed by atoms with E-state index >= 15 is 0 Å². The Balaban J connectivity index is 4.01. The molecular formula is C19H35NO4S2. The van der Waals surface area contributed by atoms with Crippen LogP contribution >= 0.6 is 0 Å². The van der Waals surface area contributed by atoms with Gasteiger partial charge in [-0.05, 0) is 12.8 Å². The van der Waals surface area contributed by atoms with Crippen molar-refractivity contribution >= 4 is 26.4 Å². The maximum atomic E-state index is 12.4. The Bertz CT molecular complexity index is 430. The third-order valence-corrected chi connectivity index (χ3v) is 9.12. The number of hydrogen-bond donors (Lipinski definition) is 1. The molecule has 0 saturated carbocycles. The van der Waals surface area contributed by atoms with Crippen LogP contribution in [0.15, 0.2) is 0 Å². The molecule has 26 heavy (non-hydrogen) atoms. The average Bonchev–Trinajstić information content (AvgIpc) is 2.62. The summed E-state index contributed by atoms with van der Waals surface area (Å²) in [7, 11) is -3.49. The predicted molar refractivity (Wildman–Crippen MR) is 108 cm³/mol. The van der Waals surface area contributed by atoms with E-state index in [4.69, 9.17) is 5.11 Å². The molecule has 0 aliphatic heterocycles. The smallest absolute Gasteiger partial charge is 0.306 e. The second-order valence-electron chi connectivity index (χ2n) is 7.21. The van der Waals surface area contributed by atoms with Gasteiger partial charge in [-0.15, -0.1) is 0 Å². The third kappa shape index (κ3) is 10.7. The van der Waals surface area contributed by atoms with Crippen molar-refractivity contribution < 1.29 is 19.0 Å². The first-order valence-corrected chi connectivity index (χ1v) is 12.7. The van der Waals surface area contributed by atoms with Crippen molar-refractivity contribution in [2.45, 2.75) is 96.1 Å². The van der Waals surface area contributed by atoms with E-state index in [9.17, 15) is 19.2 Å². The van der Waals surface area contributed by atoms with E-state index in [1.807, 2.05) is 6.07 Å². The molecule has 0 aliphatic rings. The molecule has 0 heterocycles. The van der Waals surface area contributed by atoms with Crippen molar-refractivity contribution in [3.05, 3.63) is 0 Å². The lowest BCUT2D eigenvalue weighted by atomic mass is 9.98. The summed E-state index contributed by atoms with van der Waals surface area (Å²) in [4.78, 5) is 11.0. The van der Waals surface area contributed by atoms with Crippen molar-refractivity contribution in [3.63, 3.8) is 0 Å². The first-order valence-electron chi connectivity index (χ1n) is 9.73. The Morgan fingerprint density at radius 3 is 1.96 bits per heavy atom. The van der Waals surface area contributed by atoms with Gasteiger partial charge in [0.1, 0.15) is 6.07 Å². The number of aliphatic carboxylic acids is 1. The maximum absolute atomic E-state index is 12.4. The van der Waals surface area contributed by atoms with Gasteiger partial charge in [0.25, 0.3) is 4.75 Å². The monoisotopic (exact) mass is 405 g/mol. The normalized spacial score (nSPS) is 17.1. The first-order chi connectivity index (χ1) is 12.3. The summed E-state index contributed by atoms with van der Waals surface area (Å²) in [5, 5.41) is 18.3. The molecule has 4 atom stereocenters. The number of carbonyl (C=O) groups is 1. The highest BCUT2D eigenvalue weighted by Crippen LogP contribution is 2.30. The fourth-order valence-electron chi connectivity index (χ4n) is 2.81. The highest BCUT2D eigenvalue weighted by Gasteiger charge is 2.49. The van der Waals surface area contributed by atoms with Gasteiger partial charge in [-0.1, -0.05) is 65.2 Å². The molecule has 0 aromatic rings. The molecule has 1 N–H and O–H groups in total. The minimum absolute atomic E-state index is 0.0603. The Labute approximate surface area is 164 Å². The predicted octanol–water partition coefficient (Wildman–Crippen LogP) is 4.71. The van der Waals surface area contributed by atoms with Crippen LogP contribution in [0, 0.1) is 17.2 Å². The summed E-state index contributed by atoms with van der Waals surface area (Å²) in [6.07, 6.45) is 11.6. The Kier molecular flexibility index (Phi) is 14.4. The fourth-order valence-corrected chi connectivity index (χ4v) is 6.63. The van der Waals surface area contributed by atoms with Gasteiger partial charge >= 0.3 is 5.97 Å². The molecule has 7 heteroatoms. The zero-order chi connectivity index (χ0) is 20.0. The van der Waals surface area contributed by atoms with Crippen molar-refractivity contribution in [2.75, 3.05) is 5.75 Å². The molecule has 0 bridgehead atoms. The van der Waals surface area contributed by atoms with Crippen molar-refractivity contribution in [1.82, 2.24) is 0 Å². The largest absolute Gasteiger partial charge is 0.571 e. The number of nitriles is 1. The van der Waals surface area contributed by atoms with Crippen LogP contribution in [0.1, 0.15) is 91.4 Å². The van der Waals surface area contributed by atoms with Crippen LogP contribution in [-0.2, 0) is 25.2 Å². The average molecular weight is 406 g/mol. The quantitative estimate of drug-likeness (QED) is 0.227. The minimum Gasteiger partial charge on any atom is -0.571 e. The maximum Gasteiger partial charge on any atom is 0.306 e. The topological polar surface area (TPSA) is 107 Å². The molecule has 0 fully saturated rings. The fraction of sp³-hybridized carbons (Fsp3) is 0.895. The molecule has 0 saturated heterocycles. The Morgan fingerprint density at radius 1 is 1.08 bits per heavy atom.